The van der Waals surface area contributed by atoms with E-state index < -0.39 is 0 Å². The van der Waals surface area contributed by atoms with Crippen LogP contribution >= 0.6 is 0 Å². The van der Waals surface area contributed by atoms with Crippen molar-refractivity contribution in [2.45, 2.75) is 105 Å². The largest absolute Gasteiger partial charge is 0.507 e. The van der Waals surface area contributed by atoms with Crippen LogP contribution in [0.2, 0.25) is 0 Å². The van der Waals surface area contributed by atoms with Crippen LogP contribution in [0, 0.1) is 0 Å². The molecule has 0 aliphatic rings. The van der Waals surface area contributed by atoms with Crippen LogP contribution < -0.4 is 0 Å². The second-order valence-electron chi connectivity index (χ2n) is 14.5. The van der Waals surface area contributed by atoms with E-state index in [0.717, 1.165) is 44.5 Å². The van der Waals surface area contributed by atoms with E-state index >= 15 is 0 Å². The van der Waals surface area contributed by atoms with E-state index in [2.05, 4.69) is 83.1 Å². The molecular weight excluding hydrogens is 456 g/mol. The van der Waals surface area contributed by atoms with Crippen LogP contribution in [-0.2, 0) is 21.7 Å². The number of aromatic hydroxyl groups is 3. The van der Waals surface area contributed by atoms with Gasteiger partial charge < -0.3 is 15.3 Å². The topological polar surface area (TPSA) is 60.7 Å². The maximum atomic E-state index is 11.7. The number of rotatable bonds is 2. The van der Waals surface area contributed by atoms with Crippen molar-refractivity contribution in [1.82, 2.24) is 0 Å². The third-order valence-electron chi connectivity index (χ3n) is 7.11. The molecule has 0 saturated heterocycles. The first-order chi connectivity index (χ1) is 16.6. The van der Waals surface area contributed by atoms with Crippen molar-refractivity contribution >= 4 is 0 Å². The first-order valence-corrected chi connectivity index (χ1v) is 13.2. The SMILES string of the molecule is CC(C)(C)c1cc(-c2cccc(-c3cc(C(C)(C)C)c(O)c(C(C)(C)C)c3)c2O)cc(C(C)(C)C)c1O. The summed E-state index contributed by atoms with van der Waals surface area (Å²) in [6.07, 6.45) is 0. The van der Waals surface area contributed by atoms with Crippen molar-refractivity contribution < 1.29 is 15.3 Å². The molecule has 0 saturated carbocycles. The minimum atomic E-state index is -0.270. The van der Waals surface area contributed by atoms with Gasteiger partial charge in [-0.25, -0.2) is 0 Å². The Balaban J connectivity index is 2.36. The lowest BCUT2D eigenvalue weighted by Gasteiger charge is -2.29. The van der Waals surface area contributed by atoms with Crippen LogP contribution in [0.3, 0.4) is 0 Å². The highest BCUT2D eigenvalue weighted by Crippen LogP contribution is 2.47. The summed E-state index contributed by atoms with van der Waals surface area (Å²) in [5, 5.41) is 34.1. The molecule has 0 aromatic heterocycles. The standard InChI is InChI=1S/C34H46O3/c1-31(2,3)24-16-20(17-25(29(24)36)32(4,5)6)22-14-13-15-23(28(22)35)21-18-26(33(7,8)9)30(37)27(19-21)34(10,11)12/h13-19,35-37H,1-12H3. The van der Waals surface area contributed by atoms with Crippen LogP contribution in [0.25, 0.3) is 22.3 Å². The van der Waals surface area contributed by atoms with Gasteiger partial charge in [0.2, 0.25) is 0 Å². The molecule has 0 spiro atoms. The molecule has 3 aromatic rings. The molecule has 0 amide bonds. The van der Waals surface area contributed by atoms with E-state index in [-0.39, 0.29) is 27.4 Å². The molecule has 0 aliphatic carbocycles. The Hall–Kier alpha value is -2.94. The highest BCUT2D eigenvalue weighted by molar-refractivity contribution is 5.84. The molecule has 3 nitrogen and oxygen atoms in total. The molecule has 3 heteroatoms. The normalized spacial score (nSPS) is 13.2. The summed E-state index contributed by atoms with van der Waals surface area (Å²) in [5.41, 5.74) is 5.53. The summed E-state index contributed by atoms with van der Waals surface area (Å²) < 4.78 is 0. The van der Waals surface area contributed by atoms with Crippen molar-refractivity contribution in [3.05, 3.63) is 64.7 Å². The van der Waals surface area contributed by atoms with E-state index in [1.165, 1.54) is 0 Å². The molecule has 0 aliphatic heterocycles. The fourth-order valence-electron chi connectivity index (χ4n) is 4.88. The van der Waals surface area contributed by atoms with Crippen molar-refractivity contribution in [2.75, 3.05) is 0 Å². The predicted octanol–water partition coefficient (Wildman–Crippen LogP) is 9.33. The lowest BCUT2D eigenvalue weighted by atomic mass is 9.77. The summed E-state index contributed by atoms with van der Waals surface area (Å²) in [4.78, 5) is 0. The molecule has 3 aromatic carbocycles. The quantitative estimate of drug-likeness (QED) is 0.327. The zero-order valence-corrected chi connectivity index (χ0v) is 24.9. The average Bonchev–Trinajstić information content (AvgIpc) is 2.71. The fraction of sp³-hybridized carbons (Fsp3) is 0.471. The minimum Gasteiger partial charge on any atom is -0.507 e. The highest BCUT2D eigenvalue weighted by Gasteiger charge is 2.29. The van der Waals surface area contributed by atoms with E-state index in [9.17, 15) is 15.3 Å². The van der Waals surface area contributed by atoms with E-state index in [1.807, 2.05) is 42.5 Å². The van der Waals surface area contributed by atoms with E-state index in [0.29, 0.717) is 11.5 Å². The van der Waals surface area contributed by atoms with Crippen LogP contribution in [0.1, 0.15) is 105 Å². The summed E-state index contributed by atoms with van der Waals surface area (Å²) in [6.45, 7) is 25.1. The van der Waals surface area contributed by atoms with Gasteiger partial charge in [-0.2, -0.15) is 0 Å². The molecule has 0 unspecified atom stereocenters. The van der Waals surface area contributed by atoms with Gasteiger partial charge in [-0.15, -0.1) is 0 Å². The van der Waals surface area contributed by atoms with Gasteiger partial charge in [0, 0.05) is 33.4 Å². The van der Waals surface area contributed by atoms with Crippen LogP contribution in [0.15, 0.2) is 42.5 Å². The Kier molecular flexibility index (Phi) is 7.05. The van der Waals surface area contributed by atoms with Gasteiger partial charge in [-0.1, -0.05) is 101 Å². The molecule has 0 heterocycles. The van der Waals surface area contributed by atoms with Crippen molar-refractivity contribution in [3.8, 4) is 39.5 Å². The highest BCUT2D eigenvalue weighted by atomic mass is 16.3. The van der Waals surface area contributed by atoms with Gasteiger partial charge in [0.05, 0.1) is 0 Å². The number of para-hydroxylation sites is 1. The predicted molar refractivity (Wildman–Crippen MR) is 157 cm³/mol. The molecule has 3 rings (SSSR count). The molecule has 200 valence electrons. The Bertz CT molecular complexity index is 1150. The maximum absolute atomic E-state index is 11.7. The Labute approximate surface area is 224 Å². The summed E-state index contributed by atoms with van der Waals surface area (Å²) in [7, 11) is 0. The molecule has 0 bridgehead atoms. The van der Waals surface area contributed by atoms with Crippen LogP contribution in [0.4, 0.5) is 0 Å². The van der Waals surface area contributed by atoms with Gasteiger partial charge in [0.25, 0.3) is 0 Å². The zero-order chi connectivity index (χ0) is 28.3. The maximum Gasteiger partial charge on any atom is 0.131 e. The van der Waals surface area contributed by atoms with E-state index in [1.54, 1.807) is 0 Å². The first kappa shape index (κ1) is 28.6. The Morgan fingerprint density at radius 3 is 0.865 bits per heavy atom. The molecule has 0 fully saturated rings. The van der Waals surface area contributed by atoms with Gasteiger partial charge in [0.1, 0.15) is 17.2 Å². The monoisotopic (exact) mass is 502 g/mol. The van der Waals surface area contributed by atoms with Gasteiger partial charge >= 0.3 is 0 Å². The smallest absolute Gasteiger partial charge is 0.131 e. The molecular formula is C34H46O3. The zero-order valence-electron chi connectivity index (χ0n) is 24.9. The molecule has 0 atom stereocenters. The van der Waals surface area contributed by atoms with Gasteiger partial charge in [-0.3, -0.25) is 0 Å². The van der Waals surface area contributed by atoms with Gasteiger partial charge in [-0.05, 0) is 57.1 Å². The third-order valence-corrected chi connectivity index (χ3v) is 7.11. The fourth-order valence-corrected chi connectivity index (χ4v) is 4.88. The third kappa shape index (κ3) is 5.66. The summed E-state index contributed by atoms with van der Waals surface area (Å²) in [5.74, 6) is 0.837. The number of hydrogen-bond acceptors (Lipinski definition) is 3. The number of benzene rings is 3. The minimum absolute atomic E-state index is 0.193. The van der Waals surface area contributed by atoms with Crippen molar-refractivity contribution in [2.24, 2.45) is 0 Å². The Morgan fingerprint density at radius 1 is 0.405 bits per heavy atom. The molecule has 37 heavy (non-hydrogen) atoms. The van der Waals surface area contributed by atoms with Crippen molar-refractivity contribution in [1.29, 1.82) is 0 Å². The summed E-state index contributed by atoms with van der Waals surface area (Å²) >= 11 is 0. The molecule has 3 N–H and O–H groups in total. The summed E-state index contributed by atoms with van der Waals surface area (Å²) in [6, 6.07) is 13.8. The number of phenols is 3. The average molecular weight is 503 g/mol. The lowest BCUT2D eigenvalue weighted by Crippen LogP contribution is -2.17. The van der Waals surface area contributed by atoms with Gasteiger partial charge in [0.15, 0.2) is 0 Å². The van der Waals surface area contributed by atoms with Crippen molar-refractivity contribution in [3.63, 3.8) is 0 Å². The second kappa shape index (κ2) is 9.11. The number of phenolic OH excluding ortho intramolecular Hbond substituents is 3. The lowest BCUT2D eigenvalue weighted by molar-refractivity contribution is 0.422. The first-order valence-electron chi connectivity index (χ1n) is 13.2. The molecule has 0 radical (unpaired) electrons. The number of hydrogen-bond donors (Lipinski definition) is 3. The van der Waals surface area contributed by atoms with E-state index in [4.69, 9.17) is 0 Å². The Morgan fingerprint density at radius 2 is 0.649 bits per heavy atom. The second-order valence-corrected chi connectivity index (χ2v) is 14.5. The van der Waals surface area contributed by atoms with Crippen LogP contribution in [-0.4, -0.2) is 15.3 Å². The van der Waals surface area contributed by atoms with Crippen LogP contribution in [0.5, 0.6) is 17.2 Å².